The molecular weight excluding hydrogens is 571 g/mol. The van der Waals surface area contributed by atoms with Crippen molar-refractivity contribution in [3.63, 3.8) is 0 Å². The molecular formula is C18H33B2N4O3VY2-3. The summed E-state index contributed by atoms with van der Waals surface area (Å²) in [6.07, 6.45) is 1.28. The first kappa shape index (κ1) is 52.6. The fourth-order valence-corrected chi connectivity index (χ4v) is 1.39. The summed E-state index contributed by atoms with van der Waals surface area (Å²) in [6, 6.07) is 0. The standard InChI is InChI=1S/C9H14BN2O2.C6H10BN2O.3CH3.V.2Y/c1-3-9(14)5-8(4-7(2)13)12-11-6-10;1-5(3-6(2)10)9-8-4-7;;;;;;/h11H,1,3-6H2,2H3;8H,1,3-4H2,2H3;3*1H3;;;/q5*-1;+2;;/b12-8-;9-5+;;;;;;. The van der Waals surface area contributed by atoms with Gasteiger partial charge in [-0.2, -0.15) is 5.10 Å². The van der Waals surface area contributed by atoms with Crippen LogP contribution in [-0.2, 0) is 98.4 Å². The summed E-state index contributed by atoms with van der Waals surface area (Å²) in [5.74, 6) is -0.0178. The minimum absolute atomic E-state index is 0. The fraction of sp³-hybridized carbons (Fsp3) is 0.444. The molecule has 0 saturated heterocycles. The Kier molecular flexibility index (Phi) is 65.0. The Labute approximate surface area is 249 Å². The van der Waals surface area contributed by atoms with Gasteiger partial charge in [0.2, 0.25) is 0 Å². The first-order valence-corrected chi connectivity index (χ1v) is 7.36. The Morgan fingerprint density at radius 3 is 1.57 bits per heavy atom. The van der Waals surface area contributed by atoms with E-state index < -0.39 is 0 Å². The van der Waals surface area contributed by atoms with E-state index in [4.69, 9.17) is 15.7 Å². The maximum Gasteiger partial charge on any atom is 2.00 e. The van der Waals surface area contributed by atoms with Crippen LogP contribution in [0.4, 0.5) is 0 Å². The average molecular weight is 604 g/mol. The number of hydrogen-bond donors (Lipinski definition) is 2. The van der Waals surface area contributed by atoms with Gasteiger partial charge in [-0.3, -0.25) is 9.59 Å². The molecule has 0 aromatic rings. The van der Waals surface area contributed by atoms with Crippen LogP contribution in [0.5, 0.6) is 0 Å². The average Bonchev–Trinajstić information content (AvgIpc) is 2.49. The van der Waals surface area contributed by atoms with Gasteiger partial charge in [0.1, 0.15) is 17.3 Å². The van der Waals surface area contributed by atoms with E-state index in [-0.39, 0.29) is 162 Å². The topological polar surface area (TPSA) is 100.0 Å². The van der Waals surface area contributed by atoms with Crippen molar-refractivity contribution in [2.45, 2.75) is 39.5 Å². The fourth-order valence-electron chi connectivity index (χ4n) is 1.39. The Hall–Kier alpha value is 0.742. The van der Waals surface area contributed by atoms with Crippen LogP contribution in [0.15, 0.2) is 10.2 Å². The van der Waals surface area contributed by atoms with Gasteiger partial charge in [-0.25, -0.2) is 5.10 Å². The van der Waals surface area contributed by atoms with Crippen molar-refractivity contribution >= 4 is 44.5 Å². The number of nitrogens with one attached hydrogen (secondary N) is 2. The maximum absolute atomic E-state index is 11.1. The summed E-state index contributed by atoms with van der Waals surface area (Å²) in [5.41, 5.74) is 6.05. The van der Waals surface area contributed by atoms with Crippen molar-refractivity contribution in [2.75, 3.05) is 12.9 Å². The van der Waals surface area contributed by atoms with Crippen LogP contribution >= 0.6 is 0 Å². The number of hydrazone groups is 2. The smallest absolute Gasteiger partial charge is 0.358 e. The van der Waals surface area contributed by atoms with Gasteiger partial charge in [0.25, 0.3) is 0 Å². The summed E-state index contributed by atoms with van der Waals surface area (Å²) in [7, 11) is 10.2. The van der Waals surface area contributed by atoms with Gasteiger partial charge >= 0.3 is 18.6 Å². The first-order chi connectivity index (χ1) is 11.3. The summed E-state index contributed by atoms with van der Waals surface area (Å²) < 4.78 is 0. The van der Waals surface area contributed by atoms with Crippen LogP contribution in [0.25, 0.3) is 0 Å². The summed E-state index contributed by atoms with van der Waals surface area (Å²) in [5, 5.41) is 7.54. The number of Topliss-reactive ketones (excluding diaryl/α,β-unsaturated/α-hetero) is 3. The molecule has 7 nitrogen and oxygen atoms in total. The van der Waals surface area contributed by atoms with Gasteiger partial charge in [0, 0.05) is 84.7 Å². The van der Waals surface area contributed by atoms with Crippen LogP contribution in [0.1, 0.15) is 39.5 Å². The predicted molar refractivity (Wildman–Crippen MR) is 117 cm³/mol. The zero-order valence-corrected chi connectivity index (χ0v) is 26.1. The molecule has 0 aliphatic heterocycles. The molecule has 0 rings (SSSR count). The first-order valence-electron chi connectivity index (χ1n) is 7.36. The molecule has 163 valence electrons. The van der Waals surface area contributed by atoms with Gasteiger partial charge in [-0.15, -0.1) is 6.42 Å². The second-order valence-corrected chi connectivity index (χ2v) is 4.80. The van der Waals surface area contributed by atoms with E-state index in [0.717, 1.165) is 0 Å². The number of carbonyl (C=O) groups excluding carboxylic acids is 3. The van der Waals surface area contributed by atoms with Crippen molar-refractivity contribution in [1.29, 1.82) is 0 Å². The van der Waals surface area contributed by atoms with E-state index in [1.807, 2.05) is 0 Å². The van der Waals surface area contributed by atoms with Crippen LogP contribution in [0, 0.1) is 36.1 Å². The number of carbonyl (C=O) groups is 3. The normalized spacial score (nSPS) is 8.90. The Balaban J connectivity index is -0.0000000463. The molecule has 0 aliphatic rings. The van der Waals surface area contributed by atoms with E-state index in [1.54, 1.807) is 0 Å². The number of rotatable bonds is 11. The molecule has 0 unspecified atom stereocenters. The summed E-state index contributed by atoms with van der Waals surface area (Å²) >= 11 is 0. The minimum Gasteiger partial charge on any atom is -0.358 e. The maximum atomic E-state index is 11.1. The monoisotopic (exact) mass is 604 g/mol. The number of hydrogen-bond acceptors (Lipinski definition) is 7. The van der Waals surface area contributed by atoms with Crippen molar-refractivity contribution in [3.05, 3.63) is 36.1 Å². The van der Waals surface area contributed by atoms with E-state index in [1.165, 1.54) is 13.8 Å². The molecule has 0 saturated carbocycles. The van der Waals surface area contributed by atoms with Crippen LogP contribution in [0.3, 0.4) is 0 Å². The third-order valence-electron chi connectivity index (χ3n) is 2.24. The van der Waals surface area contributed by atoms with Crippen molar-refractivity contribution < 1.29 is 98.4 Å². The molecule has 0 aliphatic carbocycles. The zero-order chi connectivity index (χ0) is 19.0. The summed E-state index contributed by atoms with van der Waals surface area (Å²) in [4.78, 5) is 32.3. The molecule has 0 amide bonds. The number of ketones is 3. The van der Waals surface area contributed by atoms with Crippen LogP contribution in [0.2, 0.25) is 0 Å². The molecule has 0 heterocycles. The van der Waals surface area contributed by atoms with Crippen LogP contribution in [-0.4, -0.2) is 57.4 Å². The van der Waals surface area contributed by atoms with E-state index in [0.29, 0.717) is 11.4 Å². The van der Waals surface area contributed by atoms with Crippen molar-refractivity contribution in [2.24, 2.45) is 10.2 Å². The van der Waals surface area contributed by atoms with E-state index >= 15 is 0 Å². The largest absolute Gasteiger partial charge is 2.00 e. The molecule has 7 radical (unpaired) electrons. The molecule has 0 atom stereocenters. The van der Waals surface area contributed by atoms with Crippen LogP contribution < -0.4 is 10.9 Å². The SMILES string of the molecule is [B]CN/N=C(/CC(C)=O)CC(=O)C[CH2-].[B]CN/N=C(\[CH2-])CC(C)=O.[CH3-].[CH3-].[CH3-].[V+2].[Y].[Y]. The minimum atomic E-state index is -0.0381. The molecule has 12 heteroatoms. The Morgan fingerprint density at radius 1 is 0.833 bits per heavy atom. The Bertz CT molecular complexity index is 484. The molecule has 0 aromatic heterocycles. The molecule has 0 fully saturated rings. The van der Waals surface area contributed by atoms with Gasteiger partial charge < -0.3 is 51.8 Å². The second kappa shape index (κ2) is 37.1. The third-order valence-corrected chi connectivity index (χ3v) is 2.24. The van der Waals surface area contributed by atoms with E-state index in [9.17, 15) is 14.4 Å². The molecule has 30 heavy (non-hydrogen) atoms. The molecule has 2 N–H and O–H groups in total. The predicted octanol–water partition coefficient (Wildman–Crippen LogP) is 1.44. The summed E-state index contributed by atoms with van der Waals surface area (Å²) in [6.45, 7) is 9.93. The Morgan fingerprint density at radius 2 is 1.23 bits per heavy atom. The zero-order valence-electron chi connectivity index (χ0n) is 19.0. The second-order valence-electron chi connectivity index (χ2n) is 4.80. The van der Waals surface area contributed by atoms with Gasteiger partial charge in [0.05, 0.1) is 21.4 Å². The van der Waals surface area contributed by atoms with Crippen molar-refractivity contribution in [3.8, 4) is 0 Å². The van der Waals surface area contributed by atoms with E-state index in [2.05, 4.69) is 34.9 Å². The molecule has 0 bridgehead atoms. The van der Waals surface area contributed by atoms with Gasteiger partial charge in [-0.05, 0) is 26.7 Å². The van der Waals surface area contributed by atoms with Crippen molar-refractivity contribution in [1.82, 2.24) is 10.9 Å². The number of nitrogens with zero attached hydrogens (tertiary/aromatic N) is 2. The third kappa shape index (κ3) is 42.8. The van der Waals surface area contributed by atoms with Gasteiger partial charge in [0.15, 0.2) is 0 Å². The van der Waals surface area contributed by atoms with Gasteiger partial charge in [-0.1, -0.05) is 5.71 Å². The molecule has 0 aromatic carbocycles. The molecule has 0 spiro atoms. The quantitative estimate of drug-likeness (QED) is 0.161.